The first-order chi connectivity index (χ1) is 18.4. The van der Waals surface area contributed by atoms with Crippen LogP contribution in [0.25, 0.3) is 17.0 Å². The predicted octanol–water partition coefficient (Wildman–Crippen LogP) is 4.22. The molecule has 0 bridgehead atoms. The fourth-order valence-corrected chi connectivity index (χ4v) is 4.55. The molecular weight excluding hydrogens is 486 g/mol. The van der Waals surface area contributed by atoms with Crippen molar-refractivity contribution in [2.45, 2.75) is 32.1 Å². The first-order valence-electron chi connectivity index (χ1n) is 12.7. The van der Waals surface area contributed by atoms with Crippen molar-refractivity contribution in [2.24, 2.45) is 0 Å². The highest BCUT2D eigenvalue weighted by atomic mass is 16.5. The van der Waals surface area contributed by atoms with Crippen molar-refractivity contribution in [1.82, 2.24) is 9.88 Å². The molecule has 1 fully saturated rings. The predicted molar refractivity (Wildman–Crippen MR) is 144 cm³/mol. The van der Waals surface area contributed by atoms with E-state index in [-0.39, 0.29) is 5.91 Å². The molecule has 198 valence electrons. The number of aryl methyl sites for hydroxylation is 1. The molecule has 38 heavy (non-hydrogen) atoms. The van der Waals surface area contributed by atoms with Gasteiger partial charge in [0, 0.05) is 31.4 Å². The molecule has 3 aromatic rings. The highest BCUT2D eigenvalue weighted by Gasteiger charge is 2.19. The monoisotopic (exact) mass is 517 g/mol. The largest absolute Gasteiger partial charge is 0.491 e. The Morgan fingerprint density at radius 3 is 2.47 bits per heavy atom. The third-order valence-electron chi connectivity index (χ3n) is 6.53. The first kappa shape index (κ1) is 26.8. The van der Waals surface area contributed by atoms with Gasteiger partial charge in [0.2, 0.25) is 5.91 Å². The van der Waals surface area contributed by atoms with Gasteiger partial charge in [-0.1, -0.05) is 42.0 Å². The molecule has 0 saturated carbocycles. The Morgan fingerprint density at radius 2 is 1.71 bits per heavy atom. The molecule has 0 atom stereocenters. The molecule has 2 aliphatic rings. The molecule has 2 aromatic carbocycles. The van der Waals surface area contributed by atoms with Gasteiger partial charge in [0.05, 0.1) is 23.5 Å². The number of aromatic nitrogens is 1. The number of rotatable bonds is 6. The van der Waals surface area contributed by atoms with Crippen LogP contribution in [0.3, 0.4) is 0 Å². The van der Waals surface area contributed by atoms with Crippen molar-refractivity contribution in [3.63, 3.8) is 0 Å². The quantitative estimate of drug-likeness (QED) is 0.327. The summed E-state index contributed by atoms with van der Waals surface area (Å²) in [6.45, 7) is 3.85. The summed E-state index contributed by atoms with van der Waals surface area (Å²) in [7, 11) is 0. The third kappa shape index (κ3) is 7.39. The van der Waals surface area contributed by atoms with Crippen molar-refractivity contribution in [3.8, 4) is 5.75 Å². The first-order valence-corrected chi connectivity index (χ1v) is 12.7. The number of para-hydroxylation sites is 2. The van der Waals surface area contributed by atoms with Gasteiger partial charge in [-0.2, -0.15) is 0 Å². The number of benzene rings is 2. The van der Waals surface area contributed by atoms with Crippen LogP contribution < -0.4 is 10.1 Å². The minimum Gasteiger partial charge on any atom is -0.491 e. The SMILES string of the molecule is O=C(O)C(=O)O.O=C1CCc2cccc(OCCCN3CCC(=Cc4ccc5ccccc5n4)CC3)c2N1. The second-order valence-electron chi connectivity index (χ2n) is 9.22. The number of piperidine rings is 1. The van der Waals surface area contributed by atoms with E-state index in [1.807, 2.05) is 24.3 Å². The molecule has 1 aromatic heterocycles. The second-order valence-corrected chi connectivity index (χ2v) is 9.22. The molecule has 3 N–H and O–H groups in total. The summed E-state index contributed by atoms with van der Waals surface area (Å²) in [5.74, 6) is -2.78. The molecule has 0 unspecified atom stereocenters. The van der Waals surface area contributed by atoms with Gasteiger partial charge >= 0.3 is 11.9 Å². The standard InChI is InChI=1S/C27H29N3O2.C2H2O4/c31-26-12-10-22-6-3-8-25(27(22)29-26)32-18-4-15-30-16-13-20(14-17-30)19-23-11-9-21-5-1-2-7-24(21)28-23;3-1(4)2(5)6/h1-3,5-9,11,19H,4,10,12-18H2,(H,29,31);(H,3,4)(H,5,6). The van der Waals surface area contributed by atoms with Crippen LogP contribution in [0.4, 0.5) is 5.69 Å². The number of pyridine rings is 1. The molecule has 0 radical (unpaired) electrons. The zero-order chi connectivity index (χ0) is 26.9. The Morgan fingerprint density at radius 1 is 0.947 bits per heavy atom. The summed E-state index contributed by atoms with van der Waals surface area (Å²) in [6.07, 6.45) is 6.76. The fourth-order valence-electron chi connectivity index (χ4n) is 4.55. The van der Waals surface area contributed by atoms with Crippen molar-refractivity contribution >= 4 is 40.5 Å². The zero-order valence-electron chi connectivity index (χ0n) is 21.1. The number of nitrogens with zero attached hydrogens (tertiary/aromatic N) is 2. The number of aliphatic carboxylic acids is 2. The van der Waals surface area contributed by atoms with E-state index >= 15 is 0 Å². The number of carboxylic acid groups (broad SMARTS) is 2. The number of hydrogen-bond acceptors (Lipinski definition) is 6. The van der Waals surface area contributed by atoms with E-state index < -0.39 is 11.9 Å². The number of carbonyl (C=O) groups is 3. The minimum atomic E-state index is -1.82. The molecule has 9 heteroatoms. The van der Waals surface area contributed by atoms with Gasteiger partial charge in [-0.3, -0.25) is 4.79 Å². The molecular formula is C29H31N3O6. The van der Waals surface area contributed by atoms with Crippen molar-refractivity contribution < 1.29 is 29.3 Å². The van der Waals surface area contributed by atoms with Crippen molar-refractivity contribution in [2.75, 3.05) is 31.6 Å². The van der Waals surface area contributed by atoms with Crippen LogP contribution in [0.2, 0.25) is 0 Å². The number of ether oxygens (including phenoxy) is 1. The van der Waals surface area contributed by atoms with Gasteiger partial charge in [-0.25, -0.2) is 14.6 Å². The molecule has 3 heterocycles. The highest BCUT2D eigenvalue weighted by Crippen LogP contribution is 2.32. The summed E-state index contributed by atoms with van der Waals surface area (Å²) < 4.78 is 6.02. The van der Waals surface area contributed by atoms with E-state index in [1.165, 1.54) is 16.5 Å². The van der Waals surface area contributed by atoms with Crippen LogP contribution in [0.5, 0.6) is 5.75 Å². The van der Waals surface area contributed by atoms with Crippen molar-refractivity contribution in [1.29, 1.82) is 0 Å². The number of nitrogens with one attached hydrogen (secondary N) is 1. The molecule has 0 spiro atoms. The molecule has 9 nitrogen and oxygen atoms in total. The van der Waals surface area contributed by atoms with Gasteiger partial charge in [0.1, 0.15) is 5.75 Å². The lowest BCUT2D eigenvalue weighted by atomic mass is 10.0. The maximum atomic E-state index is 11.7. The number of carboxylic acids is 2. The Kier molecular flexibility index (Phi) is 9.05. The zero-order valence-corrected chi connectivity index (χ0v) is 21.1. The summed E-state index contributed by atoms with van der Waals surface area (Å²) in [5, 5.41) is 18.9. The Labute approximate surface area is 220 Å². The average molecular weight is 518 g/mol. The van der Waals surface area contributed by atoms with Gasteiger partial charge in [0.15, 0.2) is 0 Å². The number of amides is 1. The van der Waals surface area contributed by atoms with E-state index in [1.54, 1.807) is 0 Å². The highest BCUT2D eigenvalue weighted by molar-refractivity contribution is 6.27. The lowest BCUT2D eigenvalue weighted by molar-refractivity contribution is -0.159. The van der Waals surface area contributed by atoms with Crippen molar-refractivity contribution in [3.05, 3.63) is 71.4 Å². The van der Waals surface area contributed by atoms with Crippen LogP contribution >= 0.6 is 0 Å². The molecule has 1 saturated heterocycles. The Bertz CT molecular complexity index is 1330. The second kappa shape index (κ2) is 12.8. The summed E-state index contributed by atoms with van der Waals surface area (Å²) >= 11 is 0. The topological polar surface area (TPSA) is 129 Å². The fraction of sp³-hybridized carbons (Fsp3) is 0.310. The normalized spacial score (nSPS) is 15.1. The summed E-state index contributed by atoms with van der Waals surface area (Å²) in [4.78, 5) is 37.2. The lowest BCUT2D eigenvalue weighted by Gasteiger charge is -2.28. The summed E-state index contributed by atoms with van der Waals surface area (Å²) in [5.41, 5.74) is 5.61. The van der Waals surface area contributed by atoms with E-state index in [2.05, 4.69) is 46.6 Å². The molecule has 0 aliphatic carbocycles. The maximum absolute atomic E-state index is 11.7. The van der Waals surface area contributed by atoms with Crippen LogP contribution in [0.1, 0.15) is 36.9 Å². The lowest BCUT2D eigenvalue weighted by Crippen LogP contribution is -2.32. The maximum Gasteiger partial charge on any atom is 0.414 e. The Balaban J connectivity index is 0.000000505. The van der Waals surface area contributed by atoms with Gasteiger partial charge in [0.25, 0.3) is 0 Å². The summed E-state index contributed by atoms with van der Waals surface area (Å²) in [6, 6.07) is 18.5. The van der Waals surface area contributed by atoms with Gasteiger partial charge in [-0.05, 0) is 55.5 Å². The van der Waals surface area contributed by atoms with E-state index in [4.69, 9.17) is 29.5 Å². The average Bonchev–Trinajstić information content (AvgIpc) is 2.92. The van der Waals surface area contributed by atoms with Gasteiger partial charge in [-0.15, -0.1) is 0 Å². The third-order valence-corrected chi connectivity index (χ3v) is 6.53. The van der Waals surface area contributed by atoms with E-state index in [0.29, 0.717) is 13.0 Å². The molecule has 5 rings (SSSR count). The number of hydrogen-bond donors (Lipinski definition) is 3. The minimum absolute atomic E-state index is 0.0737. The van der Waals surface area contributed by atoms with Crippen LogP contribution in [-0.4, -0.2) is 64.2 Å². The number of fused-ring (bicyclic) bond motifs is 2. The van der Waals surface area contributed by atoms with E-state index in [9.17, 15) is 4.79 Å². The number of likely N-dealkylation sites (tertiary alicyclic amines) is 1. The van der Waals surface area contributed by atoms with Crippen LogP contribution in [0.15, 0.2) is 60.2 Å². The number of carbonyl (C=O) groups excluding carboxylic acids is 1. The van der Waals surface area contributed by atoms with Crippen LogP contribution in [0, 0.1) is 0 Å². The Hall–Kier alpha value is -4.24. The smallest absolute Gasteiger partial charge is 0.414 e. The molecule has 1 amide bonds. The van der Waals surface area contributed by atoms with Crippen LogP contribution in [-0.2, 0) is 20.8 Å². The van der Waals surface area contributed by atoms with Gasteiger partial charge < -0.3 is 25.2 Å². The van der Waals surface area contributed by atoms with E-state index in [0.717, 1.165) is 68.0 Å². The number of anilines is 1. The molecule has 2 aliphatic heterocycles.